The van der Waals surface area contributed by atoms with Crippen molar-refractivity contribution in [1.29, 1.82) is 0 Å². The van der Waals surface area contributed by atoms with Crippen molar-refractivity contribution >= 4 is 31.7 Å². The van der Waals surface area contributed by atoms with Gasteiger partial charge in [0.05, 0.1) is 11.5 Å². The number of nitrogens with one attached hydrogen (secondary N) is 1. The van der Waals surface area contributed by atoms with Gasteiger partial charge in [0, 0.05) is 11.1 Å². The third-order valence-electron chi connectivity index (χ3n) is 5.78. The van der Waals surface area contributed by atoms with Gasteiger partial charge in [0.1, 0.15) is 5.75 Å². The average Bonchev–Trinajstić information content (AvgIpc) is 2.79. The van der Waals surface area contributed by atoms with E-state index in [1.807, 2.05) is 18.2 Å². The number of sulfonamides is 1. The van der Waals surface area contributed by atoms with E-state index >= 15 is 0 Å². The zero-order chi connectivity index (χ0) is 24.2. The Labute approximate surface area is 206 Å². The molecule has 0 aliphatic heterocycles. The van der Waals surface area contributed by atoms with Gasteiger partial charge in [0.2, 0.25) is 10.0 Å². The van der Waals surface area contributed by atoms with E-state index in [-0.39, 0.29) is 23.3 Å². The Hall–Kier alpha value is -2.23. The summed E-state index contributed by atoms with van der Waals surface area (Å²) in [5, 5.41) is 0.487. The predicted molar refractivity (Wildman–Crippen MR) is 133 cm³/mol. The van der Waals surface area contributed by atoms with Crippen LogP contribution >= 0.6 is 11.6 Å². The molecule has 1 atom stereocenters. The maximum atomic E-state index is 12.7. The molecule has 0 amide bonds. The van der Waals surface area contributed by atoms with Gasteiger partial charge >= 0.3 is 0 Å². The molecule has 0 saturated heterocycles. The van der Waals surface area contributed by atoms with Crippen LogP contribution in [0.25, 0.3) is 0 Å². The van der Waals surface area contributed by atoms with Crippen LogP contribution in [-0.2, 0) is 49.3 Å². The summed E-state index contributed by atoms with van der Waals surface area (Å²) in [5.41, 5.74) is 3.94. The molecule has 0 aromatic heterocycles. The number of halogens is 1. The van der Waals surface area contributed by atoms with Crippen LogP contribution in [0, 0.1) is 0 Å². The summed E-state index contributed by atoms with van der Waals surface area (Å²) in [6, 6.07) is 20.9. The third kappa shape index (κ3) is 6.67. The molecule has 1 N–H and O–H groups in total. The molecule has 0 radical (unpaired) electrons. The number of hydrogen-bond acceptors (Lipinski definition) is 5. The smallest absolute Gasteiger partial charge is 0.270 e. The van der Waals surface area contributed by atoms with Crippen LogP contribution in [0.4, 0.5) is 0 Å². The molecule has 3 aromatic rings. The first-order valence-corrected chi connectivity index (χ1v) is 14.4. The van der Waals surface area contributed by atoms with E-state index in [4.69, 9.17) is 15.8 Å². The minimum atomic E-state index is -3.64. The van der Waals surface area contributed by atoms with Crippen LogP contribution in [0.15, 0.2) is 77.7 Å². The van der Waals surface area contributed by atoms with Crippen molar-refractivity contribution in [2.45, 2.75) is 42.4 Å². The fourth-order valence-corrected chi connectivity index (χ4v) is 6.49. The van der Waals surface area contributed by atoms with Crippen molar-refractivity contribution in [3.8, 4) is 0 Å². The third-order valence-corrected chi connectivity index (χ3v) is 8.79. The van der Waals surface area contributed by atoms with E-state index in [1.54, 1.807) is 36.4 Å². The highest BCUT2D eigenvalue weighted by atomic mass is 35.5. The molecule has 4 rings (SSSR count). The standard InChI is InChI=1S/C25H26ClNO5S2/c26-23-9-12-25(13-10-23)34(30,31)27-24-11-8-21-16-19(6-7-22(21)17-24)14-15-32-33(28,29)18-20-4-2-1-3-5-20/h1-7,9-10,12-13,16,24,27H,8,11,14-15,17-18H2. The molecular weight excluding hydrogens is 494 g/mol. The summed E-state index contributed by atoms with van der Waals surface area (Å²) in [4.78, 5) is 0.195. The molecule has 9 heteroatoms. The van der Waals surface area contributed by atoms with E-state index in [0.29, 0.717) is 29.8 Å². The Kier molecular flexibility index (Phi) is 7.74. The molecule has 0 saturated carbocycles. The number of rotatable bonds is 9. The van der Waals surface area contributed by atoms with Gasteiger partial charge in [-0.2, -0.15) is 8.42 Å². The normalized spacial score (nSPS) is 16.2. The first-order valence-electron chi connectivity index (χ1n) is 11.0. The Bertz CT molecular complexity index is 1340. The quantitative estimate of drug-likeness (QED) is 0.426. The summed E-state index contributed by atoms with van der Waals surface area (Å²) in [7, 11) is -7.26. The molecule has 180 valence electrons. The van der Waals surface area contributed by atoms with Crippen LogP contribution in [0.5, 0.6) is 0 Å². The zero-order valence-electron chi connectivity index (χ0n) is 18.5. The fourth-order valence-electron chi connectivity index (χ4n) is 4.07. The van der Waals surface area contributed by atoms with Crippen molar-refractivity contribution in [3.63, 3.8) is 0 Å². The van der Waals surface area contributed by atoms with Crippen molar-refractivity contribution < 1.29 is 21.0 Å². The average molecular weight is 520 g/mol. The van der Waals surface area contributed by atoms with E-state index in [9.17, 15) is 16.8 Å². The second-order valence-electron chi connectivity index (χ2n) is 8.38. The fraction of sp³-hybridized carbons (Fsp3) is 0.280. The summed E-state index contributed by atoms with van der Waals surface area (Å²) in [6.07, 6.45) is 2.51. The highest BCUT2D eigenvalue weighted by Crippen LogP contribution is 2.25. The number of benzene rings is 3. The van der Waals surface area contributed by atoms with Gasteiger partial charge in [-0.25, -0.2) is 13.1 Å². The molecule has 0 fully saturated rings. The number of aryl methyl sites for hydroxylation is 1. The lowest BCUT2D eigenvalue weighted by Crippen LogP contribution is -2.38. The molecule has 34 heavy (non-hydrogen) atoms. The Morgan fingerprint density at radius 3 is 2.35 bits per heavy atom. The van der Waals surface area contributed by atoms with E-state index in [1.165, 1.54) is 12.1 Å². The largest absolute Gasteiger partial charge is 0.271 e. The van der Waals surface area contributed by atoms with Crippen molar-refractivity contribution in [1.82, 2.24) is 4.72 Å². The summed E-state index contributed by atoms with van der Waals surface area (Å²) < 4.78 is 57.8. The van der Waals surface area contributed by atoms with E-state index < -0.39 is 20.1 Å². The Morgan fingerprint density at radius 1 is 0.882 bits per heavy atom. The maximum absolute atomic E-state index is 12.7. The van der Waals surface area contributed by atoms with Gasteiger partial charge in [-0.15, -0.1) is 0 Å². The van der Waals surface area contributed by atoms with Gasteiger partial charge in [-0.05, 0) is 72.2 Å². The van der Waals surface area contributed by atoms with Crippen LogP contribution in [0.3, 0.4) is 0 Å². The van der Waals surface area contributed by atoms with Crippen LogP contribution in [-0.4, -0.2) is 29.5 Å². The molecule has 6 nitrogen and oxygen atoms in total. The highest BCUT2D eigenvalue weighted by Gasteiger charge is 2.24. The van der Waals surface area contributed by atoms with E-state index in [0.717, 1.165) is 23.1 Å². The monoisotopic (exact) mass is 519 g/mol. The highest BCUT2D eigenvalue weighted by molar-refractivity contribution is 7.89. The summed E-state index contributed by atoms with van der Waals surface area (Å²) in [5.74, 6) is -0.147. The molecule has 3 aromatic carbocycles. The molecule has 0 spiro atoms. The Morgan fingerprint density at radius 2 is 1.62 bits per heavy atom. The van der Waals surface area contributed by atoms with E-state index in [2.05, 4.69) is 10.8 Å². The molecule has 0 heterocycles. The predicted octanol–water partition coefficient (Wildman–Crippen LogP) is 4.26. The van der Waals surface area contributed by atoms with Crippen LogP contribution in [0.2, 0.25) is 5.02 Å². The van der Waals surface area contributed by atoms with Gasteiger partial charge in [0.15, 0.2) is 0 Å². The molecule has 1 aliphatic rings. The van der Waals surface area contributed by atoms with Crippen LogP contribution < -0.4 is 4.72 Å². The van der Waals surface area contributed by atoms with Crippen molar-refractivity contribution in [3.05, 3.63) is 100 Å². The number of hydrogen-bond donors (Lipinski definition) is 1. The topological polar surface area (TPSA) is 89.5 Å². The number of fused-ring (bicyclic) bond motifs is 1. The second kappa shape index (κ2) is 10.6. The molecule has 1 unspecified atom stereocenters. The summed E-state index contributed by atoms with van der Waals surface area (Å²) in [6.45, 7) is 0.0808. The van der Waals surface area contributed by atoms with Crippen molar-refractivity contribution in [2.24, 2.45) is 0 Å². The van der Waals surface area contributed by atoms with Crippen molar-refractivity contribution in [2.75, 3.05) is 6.61 Å². The maximum Gasteiger partial charge on any atom is 0.271 e. The SMILES string of the molecule is O=S(=O)(Cc1ccccc1)OCCc1ccc2c(c1)CCC(NS(=O)(=O)c1ccc(Cl)cc1)C2. The molecule has 0 bridgehead atoms. The Balaban J connectivity index is 1.32. The lowest BCUT2D eigenvalue weighted by atomic mass is 9.87. The lowest BCUT2D eigenvalue weighted by Gasteiger charge is -2.26. The minimum absolute atomic E-state index is 0.0808. The first-order chi connectivity index (χ1) is 16.2. The van der Waals surface area contributed by atoms with Gasteiger partial charge in [-0.1, -0.05) is 60.1 Å². The van der Waals surface area contributed by atoms with Crippen LogP contribution in [0.1, 0.15) is 28.7 Å². The van der Waals surface area contributed by atoms with Gasteiger partial charge < -0.3 is 0 Å². The zero-order valence-corrected chi connectivity index (χ0v) is 20.9. The lowest BCUT2D eigenvalue weighted by molar-refractivity contribution is 0.321. The first kappa shape index (κ1) is 24.9. The second-order valence-corrected chi connectivity index (χ2v) is 12.2. The molecular formula is C25H26ClNO5S2. The van der Waals surface area contributed by atoms with Gasteiger partial charge in [0.25, 0.3) is 10.1 Å². The molecule has 1 aliphatic carbocycles. The van der Waals surface area contributed by atoms with Gasteiger partial charge in [-0.3, -0.25) is 4.18 Å². The minimum Gasteiger partial charge on any atom is -0.270 e. The summed E-state index contributed by atoms with van der Waals surface area (Å²) >= 11 is 5.86.